The molecule has 1 N–H and O–H groups in total. The van der Waals surface area contributed by atoms with Crippen LogP contribution in [0.2, 0.25) is 0 Å². The van der Waals surface area contributed by atoms with Crippen LogP contribution < -0.4 is 10.3 Å². The van der Waals surface area contributed by atoms with Crippen LogP contribution in [0.5, 0.6) is 5.75 Å². The van der Waals surface area contributed by atoms with Crippen LogP contribution in [0.1, 0.15) is 16.9 Å². The molecule has 154 valence electrons. The van der Waals surface area contributed by atoms with Crippen molar-refractivity contribution >= 4 is 10.9 Å². The van der Waals surface area contributed by atoms with E-state index < -0.39 is 11.7 Å². The molecule has 0 aliphatic rings. The molecule has 0 amide bonds. The van der Waals surface area contributed by atoms with Gasteiger partial charge in [-0.3, -0.25) is 4.79 Å². The first-order valence-corrected chi connectivity index (χ1v) is 9.75. The molecule has 2 aromatic heterocycles. The molecule has 1 unspecified atom stereocenters. The number of ether oxygens (including phenoxy) is 1. The summed E-state index contributed by atoms with van der Waals surface area (Å²) in [6, 6.07) is 15.4. The number of hydrogen-bond donors (Lipinski definition) is 1. The van der Waals surface area contributed by atoms with E-state index in [-0.39, 0.29) is 18.7 Å². The second-order valence-corrected chi connectivity index (χ2v) is 7.35. The van der Waals surface area contributed by atoms with Crippen molar-refractivity contribution < 1.29 is 14.4 Å². The minimum absolute atomic E-state index is 0.0224. The summed E-state index contributed by atoms with van der Waals surface area (Å²) in [7, 11) is 0. The van der Waals surface area contributed by atoms with Crippen LogP contribution in [0.25, 0.3) is 22.2 Å². The average Bonchev–Trinajstić information content (AvgIpc) is 3.12. The topological polar surface area (TPSA) is 90.4 Å². The molecule has 0 aliphatic heterocycles. The lowest BCUT2D eigenvalue weighted by Gasteiger charge is -2.16. The molecule has 0 aliphatic carbocycles. The average molecular weight is 405 g/mol. The van der Waals surface area contributed by atoms with E-state index in [0.29, 0.717) is 16.8 Å². The van der Waals surface area contributed by atoms with E-state index in [2.05, 4.69) is 10.3 Å². The van der Waals surface area contributed by atoms with Crippen molar-refractivity contribution in [2.75, 3.05) is 6.61 Å². The summed E-state index contributed by atoms with van der Waals surface area (Å²) in [5.74, 6) is 1.27. The largest absolute Gasteiger partial charge is 0.490 e. The highest BCUT2D eigenvalue weighted by Crippen LogP contribution is 2.27. The second-order valence-electron chi connectivity index (χ2n) is 7.35. The summed E-state index contributed by atoms with van der Waals surface area (Å²) in [6.45, 7) is 5.67. The van der Waals surface area contributed by atoms with Crippen molar-refractivity contribution in [2.45, 2.75) is 33.4 Å². The zero-order valence-electron chi connectivity index (χ0n) is 17.1. The summed E-state index contributed by atoms with van der Waals surface area (Å²) >= 11 is 0. The number of nitrogens with zero attached hydrogens (tertiary/aromatic N) is 3. The number of rotatable bonds is 6. The maximum absolute atomic E-state index is 12.9. The van der Waals surface area contributed by atoms with E-state index in [1.165, 1.54) is 4.68 Å². The molecular formula is C23H23N3O4. The van der Waals surface area contributed by atoms with Gasteiger partial charge in [-0.2, -0.15) is 5.10 Å². The Morgan fingerprint density at radius 1 is 1.07 bits per heavy atom. The van der Waals surface area contributed by atoms with Gasteiger partial charge >= 0.3 is 0 Å². The third-order valence-electron chi connectivity index (χ3n) is 5.02. The molecule has 0 bridgehead atoms. The number of hydrogen-bond acceptors (Lipinski definition) is 6. The Morgan fingerprint density at radius 2 is 1.77 bits per heavy atom. The predicted octanol–water partition coefficient (Wildman–Crippen LogP) is 3.42. The van der Waals surface area contributed by atoms with Gasteiger partial charge in [-0.15, -0.1) is 0 Å². The third kappa shape index (κ3) is 3.71. The van der Waals surface area contributed by atoms with Gasteiger partial charge in [-0.05, 0) is 31.9 Å². The van der Waals surface area contributed by atoms with E-state index >= 15 is 0 Å². The van der Waals surface area contributed by atoms with E-state index in [1.807, 2.05) is 62.4 Å². The molecule has 2 heterocycles. The number of benzene rings is 2. The van der Waals surface area contributed by atoms with Crippen LogP contribution >= 0.6 is 0 Å². The lowest BCUT2D eigenvalue weighted by molar-refractivity contribution is 0.0876. The van der Waals surface area contributed by atoms with Crippen LogP contribution in [0.15, 0.2) is 57.8 Å². The number of fused-ring (bicyclic) bond motifs is 1. The monoisotopic (exact) mass is 405 g/mol. The number of aryl methyl sites for hydroxylation is 3. The van der Waals surface area contributed by atoms with Gasteiger partial charge in [-0.1, -0.05) is 53.7 Å². The quantitative estimate of drug-likeness (QED) is 0.529. The summed E-state index contributed by atoms with van der Waals surface area (Å²) < 4.78 is 12.3. The summed E-state index contributed by atoms with van der Waals surface area (Å²) in [6.07, 6.45) is -0.928. The molecule has 0 radical (unpaired) electrons. The predicted molar refractivity (Wildman–Crippen MR) is 114 cm³/mol. The molecule has 1 atom stereocenters. The van der Waals surface area contributed by atoms with Crippen molar-refractivity contribution in [3.05, 3.63) is 75.8 Å². The minimum atomic E-state index is -0.928. The lowest BCUT2D eigenvalue weighted by Crippen LogP contribution is -2.32. The van der Waals surface area contributed by atoms with E-state index in [0.717, 1.165) is 22.4 Å². The molecule has 0 saturated carbocycles. The highest BCUT2D eigenvalue weighted by molar-refractivity contribution is 5.92. The Morgan fingerprint density at radius 3 is 2.47 bits per heavy atom. The Balaban J connectivity index is 1.64. The highest BCUT2D eigenvalue weighted by Gasteiger charge is 2.20. The zero-order valence-corrected chi connectivity index (χ0v) is 17.1. The third-order valence-corrected chi connectivity index (χ3v) is 5.02. The maximum Gasteiger partial charge on any atom is 0.296 e. The normalized spacial score (nSPS) is 12.3. The van der Waals surface area contributed by atoms with Gasteiger partial charge in [0, 0.05) is 5.56 Å². The lowest BCUT2D eigenvalue weighted by atomic mass is 10.1. The Kier molecular flexibility index (Phi) is 5.37. The molecule has 30 heavy (non-hydrogen) atoms. The standard InChI is InChI=1S/C23H23N3O4/c1-14-8-7-9-15(2)22(14)29-13-18(27)12-26-23(28)21-19(16(3)30-25-21)20(24-26)17-10-5-4-6-11-17/h4-11,18,27H,12-13H2,1-3H3. The van der Waals surface area contributed by atoms with Crippen LogP contribution in [0.4, 0.5) is 0 Å². The number of aliphatic hydroxyl groups excluding tert-OH is 1. The minimum Gasteiger partial charge on any atom is -0.490 e. The molecule has 0 saturated heterocycles. The first kappa shape index (κ1) is 19.8. The van der Waals surface area contributed by atoms with Crippen molar-refractivity contribution in [1.29, 1.82) is 0 Å². The van der Waals surface area contributed by atoms with Crippen molar-refractivity contribution in [1.82, 2.24) is 14.9 Å². The van der Waals surface area contributed by atoms with Gasteiger partial charge in [0.05, 0.1) is 11.9 Å². The Bertz CT molecular complexity index is 1220. The second kappa shape index (κ2) is 8.12. The van der Waals surface area contributed by atoms with Gasteiger partial charge in [0.1, 0.15) is 29.9 Å². The molecule has 4 rings (SSSR count). The first-order valence-electron chi connectivity index (χ1n) is 9.75. The number of aromatic nitrogens is 3. The molecule has 7 nitrogen and oxygen atoms in total. The summed E-state index contributed by atoms with van der Waals surface area (Å²) in [4.78, 5) is 12.9. The van der Waals surface area contributed by atoms with Gasteiger partial charge in [0.25, 0.3) is 5.56 Å². The van der Waals surface area contributed by atoms with E-state index in [4.69, 9.17) is 9.26 Å². The van der Waals surface area contributed by atoms with Gasteiger partial charge in [-0.25, -0.2) is 4.68 Å². The van der Waals surface area contributed by atoms with Crippen molar-refractivity contribution in [2.24, 2.45) is 0 Å². The Hall–Kier alpha value is -3.45. The fraction of sp³-hybridized carbons (Fsp3) is 0.261. The van der Waals surface area contributed by atoms with Crippen molar-refractivity contribution in [3.8, 4) is 17.0 Å². The van der Waals surface area contributed by atoms with Crippen LogP contribution in [0, 0.1) is 20.8 Å². The molecule has 0 fully saturated rings. The fourth-order valence-corrected chi connectivity index (χ4v) is 3.52. The number of aliphatic hydroxyl groups is 1. The first-order chi connectivity index (χ1) is 14.5. The van der Waals surface area contributed by atoms with Crippen molar-refractivity contribution in [3.63, 3.8) is 0 Å². The molecule has 0 spiro atoms. The smallest absolute Gasteiger partial charge is 0.296 e. The van der Waals surface area contributed by atoms with Gasteiger partial charge in [0.2, 0.25) is 0 Å². The molecule has 4 aromatic rings. The van der Waals surface area contributed by atoms with Crippen LogP contribution in [0.3, 0.4) is 0 Å². The summed E-state index contributed by atoms with van der Waals surface area (Å²) in [5, 5.41) is 19.6. The van der Waals surface area contributed by atoms with Crippen LogP contribution in [-0.4, -0.2) is 32.8 Å². The highest BCUT2D eigenvalue weighted by atomic mass is 16.5. The number of para-hydroxylation sites is 1. The van der Waals surface area contributed by atoms with Crippen LogP contribution in [-0.2, 0) is 6.54 Å². The van der Waals surface area contributed by atoms with E-state index in [9.17, 15) is 9.90 Å². The fourth-order valence-electron chi connectivity index (χ4n) is 3.52. The van der Waals surface area contributed by atoms with E-state index in [1.54, 1.807) is 6.92 Å². The summed E-state index contributed by atoms with van der Waals surface area (Å²) in [5.41, 5.74) is 3.19. The molecule has 7 heteroatoms. The molecular weight excluding hydrogens is 382 g/mol. The Labute approximate surface area is 173 Å². The SMILES string of the molecule is Cc1cccc(C)c1OCC(O)Cn1nc(-c2ccccc2)c2c(C)onc2c1=O. The van der Waals surface area contributed by atoms with Gasteiger partial charge < -0.3 is 14.4 Å². The molecule has 2 aromatic carbocycles. The zero-order chi connectivity index (χ0) is 21.3. The van der Waals surface area contributed by atoms with Gasteiger partial charge in [0.15, 0.2) is 5.52 Å². The maximum atomic E-state index is 12.9.